The van der Waals surface area contributed by atoms with Crippen LogP contribution in [0.2, 0.25) is 0 Å². The molecule has 0 atom stereocenters. The van der Waals surface area contributed by atoms with Crippen molar-refractivity contribution in [2.45, 2.75) is 31.7 Å². The lowest BCUT2D eigenvalue weighted by molar-refractivity contribution is -0.131. The molecule has 28 heavy (non-hydrogen) atoms. The number of hydrogen-bond acceptors (Lipinski definition) is 4. The van der Waals surface area contributed by atoms with Crippen LogP contribution in [0, 0.1) is 5.82 Å². The molecule has 2 heterocycles. The number of halogens is 2. The van der Waals surface area contributed by atoms with Crippen LogP contribution in [0.3, 0.4) is 0 Å². The summed E-state index contributed by atoms with van der Waals surface area (Å²) in [5, 5.41) is 2.21. The van der Waals surface area contributed by atoms with Gasteiger partial charge in [0, 0.05) is 10.5 Å². The van der Waals surface area contributed by atoms with E-state index < -0.39 is 23.7 Å². The van der Waals surface area contributed by atoms with Crippen LogP contribution in [0.1, 0.15) is 31.4 Å². The largest absolute Gasteiger partial charge is 0.457 e. The van der Waals surface area contributed by atoms with Crippen molar-refractivity contribution < 1.29 is 23.2 Å². The molecule has 2 aliphatic rings. The van der Waals surface area contributed by atoms with Crippen molar-refractivity contribution in [2.24, 2.45) is 0 Å². The van der Waals surface area contributed by atoms with E-state index in [4.69, 9.17) is 4.42 Å². The number of furan rings is 1. The first kappa shape index (κ1) is 18.6. The number of rotatable bonds is 3. The average Bonchev–Trinajstić information content (AvgIpc) is 3.31. The molecule has 1 saturated carbocycles. The van der Waals surface area contributed by atoms with E-state index in [1.165, 1.54) is 12.1 Å². The zero-order chi connectivity index (χ0) is 19.8. The quantitative estimate of drug-likeness (QED) is 0.564. The predicted octanol–water partition coefficient (Wildman–Crippen LogP) is 4.25. The molecule has 1 saturated heterocycles. The minimum atomic E-state index is -0.767. The van der Waals surface area contributed by atoms with Crippen molar-refractivity contribution >= 4 is 39.9 Å². The summed E-state index contributed by atoms with van der Waals surface area (Å²) in [5.41, 5.74) is 0.0821. The highest BCUT2D eigenvalue weighted by molar-refractivity contribution is 9.10. The fraction of sp³-hybridized carbons (Fsp3) is 0.250. The molecule has 4 rings (SSSR count). The Morgan fingerprint density at radius 2 is 1.89 bits per heavy atom. The number of carbonyl (C=O) groups is 3. The lowest BCUT2D eigenvalue weighted by atomic mass is 10.1. The van der Waals surface area contributed by atoms with E-state index in [9.17, 15) is 18.8 Å². The third kappa shape index (κ3) is 3.40. The molecular weight excluding hydrogens is 431 g/mol. The van der Waals surface area contributed by atoms with Gasteiger partial charge in [0.05, 0.1) is 5.56 Å². The Morgan fingerprint density at radius 3 is 2.61 bits per heavy atom. The number of hydrogen-bond donors (Lipinski definition) is 1. The summed E-state index contributed by atoms with van der Waals surface area (Å²) in [6.45, 7) is 0. The Bertz CT molecular complexity index is 1010. The van der Waals surface area contributed by atoms with Gasteiger partial charge in [-0.1, -0.05) is 28.8 Å². The standard InChI is InChI=1S/C20H16BrFN2O4/c21-11-5-7-14(16(22)9-11)17-8-6-13(28-17)10-15-18(25)23-20(27)24(19(15)26)12-3-1-2-4-12/h5-10,12H,1-4H2,(H,23,25,27)/b15-10+. The number of nitrogens with one attached hydrogen (secondary N) is 1. The van der Waals surface area contributed by atoms with Gasteiger partial charge >= 0.3 is 6.03 Å². The molecule has 1 aromatic heterocycles. The summed E-state index contributed by atoms with van der Waals surface area (Å²) >= 11 is 3.20. The van der Waals surface area contributed by atoms with Gasteiger partial charge in [-0.3, -0.25) is 19.8 Å². The molecular formula is C20H16BrFN2O4. The molecule has 1 N–H and O–H groups in total. The third-order valence-corrected chi connectivity index (χ3v) is 5.43. The van der Waals surface area contributed by atoms with Crippen LogP contribution in [-0.2, 0) is 9.59 Å². The van der Waals surface area contributed by atoms with Gasteiger partial charge in [0.2, 0.25) is 0 Å². The molecule has 0 spiro atoms. The second-order valence-electron chi connectivity index (χ2n) is 6.76. The normalized spacial score (nSPS) is 19.6. The van der Waals surface area contributed by atoms with Crippen molar-refractivity contribution in [1.82, 2.24) is 10.2 Å². The Balaban J connectivity index is 1.64. The van der Waals surface area contributed by atoms with Crippen molar-refractivity contribution in [1.29, 1.82) is 0 Å². The van der Waals surface area contributed by atoms with Gasteiger partial charge in [-0.05, 0) is 49.2 Å². The Kier molecular flexibility index (Phi) is 4.89. The highest BCUT2D eigenvalue weighted by Gasteiger charge is 2.40. The van der Waals surface area contributed by atoms with Crippen molar-refractivity contribution in [3.63, 3.8) is 0 Å². The Hall–Kier alpha value is -2.74. The smallest absolute Gasteiger partial charge is 0.331 e. The highest BCUT2D eigenvalue weighted by Crippen LogP contribution is 2.30. The zero-order valence-corrected chi connectivity index (χ0v) is 16.3. The summed E-state index contributed by atoms with van der Waals surface area (Å²) in [6.07, 6.45) is 4.62. The van der Waals surface area contributed by atoms with Gasteiger partial charge in [0.1, 0.15) is 22.9 Å². The van der Waals surface area contributed by atoms with Crippen molar-refractivity contribution in [3.8, 4) is 11.3 Å². The minimum absolute atomic E-state index is 0.177. The molecule has 0 unspecified atom stereocenters. The molecule has 2 aromatic rings. The summed E-state index contributed by atoms with van der Waals surface area (Å²) in [5.74, 6) is -1.38. The molecule has 144 valence electrons. The zero-order valence-electron chi connectivity index (χ0n) is 14.7. The van der Waals surface area contributed by atoms with Crippen LogP contribution in [0.25, 0.3) is 17.4 Å². The lowest BCUT2D eigenvalue weighted by Crippen LogP contribution is -2.57. The summed E-state index contributed by atoms with van der Waals surface area (Å²) in [7, 11) is 0. The molecule has 4 amide bonds. The van der Waals surface area contributed by atoms with Gasteiger partial charge in [0.15, 0.2) is 0 Å². The molecule has 1 aliphatic carbocycles. The molecule has 6 nitrogen and oxygen atoms in total. The minimum Gasteiger partial charge on any atom is -0.457 e. The van der Waals surface area contributed by atoms with E-state index in [0.717, 1.165) is 30.6 Å². The van der Waals surface area contributed by atoms with E-state index in [1.807, 2.05) is 0 Å². The third-order valence-electron chi connectivity index (χ3n) is 4.93. The summed E-state index contributed by atoms with van der Waals surface area (Å²) in [4.78, 5) is 38.2. The van der Waals surface area contributed by atoms with Crippen LogP contribution < -0.4 is 5.32 Å². The first-order chi connectivity index (χ1) is 13.4. The number of benzene rings is 1. The Morgan fingerprint density at radius 1 is 1.14 bits per heavy atom. The summed E-state index contributed by atoms with van der Waals surface area (Å²) in [6, 6.07) is 6.78. The average molecular weight is 447 g/mol. The monoisotopic (exact) mass is 446 g/mol. The SMILES string of the molecule is O=C1NC(=O)N(C2CCCC2)C(=O)/C1=C/c1ccc(-c2ccc(Br)cc2F)o1. The second kappa shape index (κ2) is 7.35. The summed E-state index contributed by atoms with van der Waals surface area (Å²) < 4.78 is 20.3. The van der Waals surface area contributed by atoms with Crippen molar-refractivity contribution in [3.05, 3.63) is 52.0 Å². The first-order valence-electron chi connectivity index (χ1n) is 8.90. The van der Waals surface area contributed by atoms with Gasteiger partial charge in [0.25, 0.3) is 11.8 Å². The van der Waals surface area contributed by atoms with Crippen LogP contribution >= 0.6 is 15.9 Å². The predicted molar refractivity (Wildman–Crippen MR) is 102 cm³/mol. The van der Waals surface area contributed by atoms with E-state index in [1.54, 1.807) is 24.3 Å². The van der Waals surface area contributed by atoms with Crippen molar-refractivity contribution in [2.75, 3.05) is 0 Å². The fourth-order valence-corrected chi connectivity index (χ4v) is 3.91. The van der Waals surface area contributed by atoms with Crippen LogP contribution in [0.15, 0.2) is 44.8 Å². The van der Waals surface area contributed by atoms with E-state index in [2.05, 4.69) is 21.2 Å². The second-order valence-corrected chi connectivity index (χ2v) is 7.67. The van der Waals surface area contributed by atoms with E-state index >= 15 is 0 Å². The molecule has 2 fully saturated rings. The molecule has 8 heteroatoms. The number of carbonyl (C=O) groups excluding carboxylic acids is 3. The Labute approximate surface area is 168 Å². The maximum Gasteiger partial charge on any atom is 0.331 e. The topological polar surface area (TPSA) is 79.6 Å². The maximum absolute atomic E-state index is 14.1. The number of amides is 4. The van der Waals surface area contributed by atoms with E-state index in [0.29, 0.717) is 4.47 Å². The number of nitrogens with zero attached hydrogens (tertiary/aromatic N) is 1. The first-order valence-corrected chi connectivity index (χ1v) is 9.69. The highest BCUT2D eigenvalue weighted by atomic mass is 79.9. The van der Waals surface area contributed by atoms with Crippen LogP contribution in [0.4, 0.5) is 9.18 Å². The number of urea groups is 1. The van der Waals surface area contributed by atoms with Gasteiger partial charge in [-0.2, -0.15) is 0 Å². The molecule has 1 aromatic carbocycles. The molecule has 1 aliphatic heterocycles. The van der Waals surface area contributed by atoms with E-state index in [-0.39, 0.29) is 28.7 Å². The number of imide groups is 2. The van der Waals surface area contributed by atoms with Crippen LogP contribution in [-0.4, -0.2) is 28.8 Å². The maximum atomic E-state index is 14.1. The number of barbiturate groups is 1. The lowest BCUT2D eigenvalue weighted by Gasteiger charge is -2.30. The van der Waals surface area contributed by atoms with Gasteiger partial charge < -0.3 is 4.42 Å². The molecule has 0 radical (unpaired) electrons. The van der Waals surface area contributed by atoms with Gasteiger partial charge in [-0.15, -0.1) is 0 Å². The van der Waals surface area contributed by atoms with Gasteiger partial charge in [-0.25, -0.2) is 9.18 Å². The van der Waals surface area contributed by atoms with Crippen LogP contribution in [0.5, 0.6) is 0 Å². The fourth-order valence-electron chi connectivity index (χ4n) is 3.57. The molecule has 0 bridgehead atoms.